The number of hydrogen-bond donors (Lipinski definition) is 2. The van der Waals surface area contributed by atoms with Crippen molar-refractivity contribution in [2.24, 2.45) is 10.7 Å². The van der Waals surface area contributed by atoms with Gasteiger partial charge in [-0.05, 0) is 65.5 Å². The van der Waals surface area contributed by atoms with Crippen molar-refractivity contribution in [3.8, 4) is 0 Å². The van der Waals surface area contributed by atoms with E-state index < -0.39 is 0 Å². The number of guanidine groups is 1. The molecule has 24 heavy (non-hydrogen) atoms. The molecule has 0 aliphatic carbocycles. The van der Waals surface area contributed by atoms with E-state index in [2.05, 4.69) is 39.0 Å². The van der Waals surface area contributed by atoms with Crippen LogP contribution in [0.4, 0.5) is 0 Å². The van der Waals surface area contributed by atoms with E-state index in [1.165, 1.54) is 52.0 Å². The Bertz CT molecular complexity index is 365. The summed E-state index contributed by atoms with van der Waals surface area (Å²) in [5, 5.41) is 3.28. The second kappa shape index (κ2) is 12.3. The van der Waals surface area contributed by atoms with E-state index in [9.17, 15) is 0 Å². The molecular formula is C17H37IN6. The van der Waals surface area contributed by atoms with Crippen LogP contribution in [-0.4, -0.2) is 92.7 Å². The van der Waals surface area contributed by atoms with E-state index in [1.54, 1.807) is 0 Å². The SMILES string of the molecule is CCN1CCCC1CN=C(N)NCCCN1CCCN(C)CC1.I. The monoisotopic (exact) mass is 452 g/mol. The maximum Gasteiger partial charge on any atom is 0.188 e. The van der Waals surface area contributed by atoms with Gasteiger partial charge in [0.15, 0.2) is 5.96 Å². The summed E-state index contributed by atoms with van der Waals surface area (Å²) in [6.07, 6.45) is 4.97. The summed E-state index contributed by atoms with van der Waals surface area (Å²) >= 11 is 0. The first-order valence-electron chi connectivity index (χ1n) is 9.37. The van der Waals surface area contributed by atoms with Crippen LogP contribution < -0.4 is 11.1 Å². The molecule has 1 atom stereocenters. The number of hydrogen-bond acceptors (Lipinski definition) is 4. The molecule has 0 aromatic heterocycles. The molecule has 0 aromatic rings. The van der Waals surface area contributed by atoms with Crippen molar-refractivity contribution in [2.45, 2.75) is 38.6 Å². The molecule has 1 unspecified atom stereocenters. The number of nitrogens with one attached hydrogen (secondary N) is 1. The highest BCUT2D eigenvalue weighted by molar-refractivity contribution is 14.0. The van der Waals surface area contributed by atoms with Crippen LogP contribution in [0.15, 0.2) is 4.99 Å². The zero-order valence-corrected chi connectivity index (χ0v) is 17.9. The topological polar surface area (TPSA) is 60.1 Å². The third kappa shape index (κ3) is 7.84. The smallest absolute Gasteiger partial charge is 0.188 e. The average Bonchev–Trinajstić information content (AvgIpc) is 2.91. The number of nitrogens with zero attached hydrogens (tertiary/aromatic N) is 4. The van der Waals surface area contributed by atoms with Crippen LogP contribution in [0.5, 0.6) is 0 Å². The van der Waals surface area contributed by atoms with Crippen molar-refractivity contribution in [1.82, 2.24) is 20.0 Å². The Balaban J connectivity index is 0.00000288. The molecule has 6 nitrogen and oxygen atoms in total. The summed E-state index contributed by atoms with van der Waals surface area (Å²) in [6, 6.07) is 0.592. The minimum absolute atomic E-state index is 0. The third-order valence-electron chi connectivity index (χ3n) is 5.15. The summed E-state index contributed by atoms with van der Waals surface area (Å²) in [6.45, 7) is 12.3. The quantitative estimate of drug-likeness (QED) is 0.262. The van der Waals surface area contributed by atoms with Gasteiger partial charge in [-0.15, -0.1) is 24.0 Å². The fraction of sp³-hybridized carbons (Fsp3) is 0.941. The van der Waals surface area contributed by atoms with Gasteiger partial charge in [0.05, 0.1) is 6.54 Å². The minimum atomic E-state index is 0. The van der Waals surface area contributed by atoms with Crippen molar-refractivity contribution in [2.75, 3.05) is 66.0 Å². The summed E-state index contributed by atoms with van der Waals surface area (Å²) in [7, 11) is 2.21. The lowest BCUT2D eigenvalue weighted by molar-refractivity contribution is 0.272. The molecule has 0 radical (unpaired) electrons. The fourth-order valence-corrected chi connectivity index (χ4v) is 3.62. The largest absolute Gasteiger partial charge is 0.370 e. The highest BCUT2D eigenvalue weighted by Gasteiger charge is 2.22. The van der Waals surface area contributed by atoms with E-state index in [1.807, 2.05) is 0 Å². The van der Waals surface area contributed by atoms with Crippen molar-refractivity contribution < 1.29 is 0 Å². The van der Waals surface area contributed by atoms with E-state index >= 15 is 0 Å². The number of likely N-dealkylation sites (tertiary alicyclic amines) is 1. The first-order valence-corrected chi connectivity index (χ1v) is 9.37. The molecule has 0 amide bonds. The van der Waals surface area contributed by atoms with Gasteiger partial charge in [0, 0.05) is 25.7 Å². The maximum atomic E-state index is 6.00. The van der Waals surface area contributed by atoms with Gasteiger partial charge >= 0.3 is 0 Å². The van der Waals surface area contributed by atoms with Crippen molar-refractivity contribution in [3.63, 3.8) is 0 Å². The Morgan fingerprint density at radius 2 is 2.00 bits per heavy atom. The van der Waals surface area contributed by atoms with Crippen LogP contribution >= 0.6 is 24.0 Å². The van der Waals surface area contributed by atoms with Gasteiger partial charge in [0.25, 0.3) is 0 Å². The van der Waals surface area contributed by atoms with Crippen LogP contribution in [0.2, 0.25) is 0 Å². The lowest BCUT2D eigenvalue weighted by Crippen LogP contribution is -2.37. The highest BCUT2D eigenvalue weighted by Crippen LogP contribution is 2.16. The second-order valence-electron chi connectivity index (χ2n) is 6.93. The van der Waals surface area contributed by atoms with Gasteiger partial charge in [0.1, 0.15) is 0 Å². The first-order chi connectivity index (χ1) is 11.2. The van der Waals surface area contributed by atoms with Crippen molar-refractivity contribution in [3.05, 3.63) is 0 Å². The Morgan fingerprint density at radius 3 is 2.79 bits per heavy atom. The molecule has 0 saturated carbocycles. The lowest BCUT2D eigenvalue weighted by Gasteiger charge is -2.21. The normalized spacial score (nSPS) is 24.6. The number of nitrogens with two attached hydrogens (primary N) is 1. The van der Waals surface area contributed by atoms with Crippen LogP contribution in [-0.2, 0) is 0 Å². The molecule has 0 aromatic carbocycles. The molecule has 2 aliphatic heterocycles. The molecule has 2 aliphatic rings. The molecule has 3 N–H and O–H groups in total. The number of halogens is 1. The average molecular weight is 452 g/mol. The van der Waals surface area contributed by atoms with Gasteiger partial charge in [-0.3, -0.25) is 9.89 Å². The van der Waals surface area contributed by atoms with E-state index in [0.717, 1.165) is 32.6 Å². The van der Waals surface area contributed by atoms with Gasteiger partial charge in [0.2, 0.25) is 0 Å². The molecular weight excluding hydrogens is 415 g/mol. The molecule has 0 bridgehead atoms. The van der Waals surface area contributed by atoms with E-state index in [4.69, 9.17) is 5.73 Å². The minimum Gasteiger partial charge on any atom is -0.370 e. The summed E-state index contributed by atoms with van der Waals surface area (Å²) in [5.74, 6) is 0.614. The molecule has 7 heteroatoms. The first kappa shape index (κ1) is 21.9. The number of likely N-dealkylation sites (N-methyl/N-ethyl adjacent to an activating group) is 2. The fourth-order valence-electron chi connectivity index (χ4n) is 3.62. The van der Waals surface area contributed by atoms with Crippen LogP contribution in [0, 0.1) is 0 Å². The molecule has 2 heterocycles. The maximum absolute atomic E-state index is 6.00. The molecule has 2 fully saturated rings. The van der Waals surface area contributed by atoms with Crippen molar-refractivity contribution >= 4 is 29.9 Å². The predicted octanol–water partition coefficient (Wildman–Crippen LogP) is 1.02. The zero-order valence-electron chi connectivity index (χ0n) is 15.5. The van der Waals surface area contributed by atoms with Crippen LogP contribution in [0.1, 0.15) is 32.6 Å². The van der Waals surface area contributed by atoms with Gasteiger partial charge in [-0.2, -0.15) is 0 Å². The van der Waals surface area contributed by atoms with Crippen LogP contribution in [0.25, 0.3) is 0 Å². The Labute approximate surface area is 165 Å². The molecule has 142 valence electrons. The van der Waals surface area contributed by atoms with Gasteiger partial charge < -0.3 is 20.9 Å². The highest BCUT2D eigenvalue weighted by atomic mass is 127. The Kier molecular flexibility index (Phi) is 11.2. The predicted molar refractivity (Wildman–Crippen MR) is 113 cm³/mol. The van der Waals surface area contributed by atoms with Crippen molar-refractivity contribution in [1.29, 1.82) is 0 Å². The molecule has 0 spiro atoms. The number of rotatable bonds is 7. The molecule has 2 rings (SSSR count). The van der Waals surface area contributed by atoms with E-state index in [-0.39, 0.29) is 24.0 Å². The van der Waals surface area contributed by atoms with E-state index in [0.29, 0.717) is 12.0 Å². The lowest BCUT2D eigenvalue weighted by atomic mass is 10.2. The molecule has 2 saturated heterocycles. The zero-order chi connectivity index (χ0) is 16.5. The van der Waals surface area contributed by atoms with Gasteiger partial charge in [-0.1, -0.05) is 6.92 Å². The second-order valence-corrected chi connectivity index (χ2v) is 6.93. The summed E-state index contributed by atoms with van der Waals surface area (Å²) < 4.78 is 0. The summed E-state index contributed by atoms with van der Waals surface area (Å²) in [4.78, 5) is 12.0. The van der Waals surface area contributed by atoms with Crippen LogP contribution in [0.3, 0.4) is 0 Å². The third-order valence-corrected chi connectivity index (χ3v) is 5.15. The summed E-state index contributed by atoms with van der Waals surface area (Å²) in [5.41, 5.74) is 6.00. The number of aliphatic imine (C=N–C) groups is 1. The standard InChI is InChI=1S/C17H36N6.HI/c1-3-23-12-4-7-16(23)15-20-17(18)19-8-5-10-22-11-6-9-21(2)13-14-22;/h16H,3-15H2,1-2H3,(H3,18,19,20);1H. The Hall–Kier alpha value is -0.120. The Morgan fingerprint density at radius 1 is 1.17 bits per heavy atom. The van der Waals surface area contributed by atoms with Gasteiger partial charge in [-0.25, -0.2) is 0 Å².